The van der Waals surface area contributed by atoms with Crippen LogP contribution >= 0.6 is 0 Å². The van der Waals surface area contributed by atoms with Crippen molar-refractivity contribution in [1.29, 1.82) is 0 Å². The number of hydrogen-bond donors (Lipinski definition) is 2. The number of methoxy groups -OCH3 is 1. The van der Waals surface area contributed by atoms with E-state index in [0.717, 1.165) is 46.3 Å². The van der Waals surface area contributed by atoms with E-state index in [1.165, 1.54) is 7.11 Å². The standard InChI is InChI=1S/C27H31N5O4/c1-5-6-15-36-23-13-11-19(16-24(23)35-4)27(34)30-29-25(33)14-12-20-17(2)28-26-21-9-7-8-10-22(21)31-32(26)18(20)3/h7-11,13,16H,5-6,12,14-15H2,1-4H3,(H,29,33)(H,30,34). The topological polar surface area (TPSA) is 107 Å². The van der Waals surface area contributed by atoms with Crippen molar-refractivity contribution in [3.8, 4) is 11.5 Å². The molecule has 0 fully saturated rings. The van der Waals surface area contributed by atoms with E-state index in [9.17, 15) is 9.59 Å². The number of hydrazine groups is 1. The fourth-order valence-electron chi connectivity index (χ4n) is 4.09. The van der Waals surface area contributed by atoms with Crippen LogP contribution in [0.15, 0.2) is 42.5 Å². The van der Waals surface area contributed by atoms with Gasteiger partial charge in [-0.3, -0.25) is 20.4 Å². The average molecular weight is 490 g/mol. The molecular formula is C27H31N5O4. The molecule has 2 amide bonds. The molecule has 0 saturated heterocycles. The molecule has 0 aliphatic rings. The molecule has 2 aromatic heterocycles. The van der Waals surface area contributed by atoms with Crippen LogP contribution in [0.1, 0.15) is 53.5 Å². The Morgan fingerprint density at radius 2 is 1.86 bits per heavy atom. The fourth-order valence-corrected chi connectivity index (χ4v) is 4.09. The van der Waals surface area contributed by atoms with E-state index in [0.29, 0.717) is 30.1 Å². The number of unbranched alkanes of at least 4 members (excludes halogenated alkanes) is 1. The predicted octanol–water partition coefficient (Wildman–Crippen LogP) is 4.08. The van der Waals surface area contributed by atoms with Gasteiger partial charge >= 0.3 is 0 Å². The lowest BCUT2D eigenvalue weighted by molar-refractivity contribution is -0.121. The maximum absolute atomic E-state index is 12.6. The highest BCUT2D eigenvalue weighted by Gasteiger charge is 2.16. The molecule has 0 bridgehead atoms. The SMILES string of the molecule is CCCCOc1ccc(C(=O)NNC(=O)CCc2c(C)nc3c4ccccc4nn3c2C)cc1OC. The zero-order chi connectivity index (χ0) is 25.7. The van der Waals surface area contributed by atoms with Gasteiger partial charge in [0.2, 0.25) is 5.91 Å². The number of rotatable bonds is 9. The minimum atomic E-state index is -0.444. The molecule has 9 nitrogen and oxygen atoms in total. The number of amides is 2. The van der Waals surface area contributed by atoms with Crippen LogP contribution in [-0.2, 0) is 11.2 Å². The van der Waals surface area contributed by atoms with Crippen molar-refractivity contribution >= 4 is 28.4 Å². The van der Waals surface area contributed by atoms with Crippen molar-refractivity contribution in [2.45, 2.75) is 46.5 Å². The van der Waals surface area contributed by atoms with Crippen LogP contribution in [0.5, 0.6) is 11.5 Å². The second kappa shape index (κ2) is 11.1. The smallest absolute Gasteiger partial charge is 0.269 e. The number of carbonyl (C=O) groups is 2. The van der Waals surface area contributed by atoms with Gasteiger partial charge in [-0.15, -0.1) is 0 Å². The molecule has 0 unspecified atom stereocenters. The van der Waals surface area contributed by atoms with Gasteiger partial charge in [-0.2, -0.15) is 5.10 Å². The van der Waals surface area contributed by atoms with E-state index in [2.05, 4.69) is 22.9 Å². The third-order valence-electron chi connectivity index (χ3n) is 6.12. The van der Waals surface area contributed by atoms with Crippen molar-refractivity contribution < 1.29 is 19.1 Å². The van der Waals surface area contributed by atoms with Gasteiger partial charge < -0.3 is 9.47 Å². The van der Waals surface area contributed by atoms with Gasteiger partial charge in [0.1, 0.15) is 0 Å². The lowest BCUT2D eigenvalue weighted by Crippen LogP contribution is -2.41. The summed E-state index contributed by atoms with van der Waals surface area (Å²) in [7, 11) is 1.52. The van der Waals surface area contributed by atoms with Crippen LogP contribution in [0.2, 0.25) is 0 Å². The third-order valence-corrected chi connectivity index (χ3v) is 6.12. The van der Waals surface area contributed by atoms with Crippen LogP contribution in [-0.4, -0.2) is 40.1 Å². The molecule has 0 atom stereocenters. The summed E-state index contributed by atoms with van der Waals surface area (Å²) in [5, 5.41) is 5.65. The first-order valence-electron chi connectivity index (χ1n) is 12.1. The lowest BCUT2D eigenvalue weighted by atomic mass is 10.1. The van der Waals surface area contributed by atoms with Crippen molar-refractivity contribution in [3.63, 3.8) is 0 Å². The van der Waals surface area contributed by atoms with Gasteiger partial charge in [0.25, 0.3) is 5.91 Å². The number of carbonyl (C=O) groups excluding carboxylic acids is 2. The highest BCUT2D eigenvalue weighted by molar-refractivity contribution is 5.96. The normalized spacial score (nSPS) is 11.0. The fraction of sp³-hybridized carbons (Fsp3) is 0.333. The first-order valence-corrected chi connectivity index (χ1v) is 12.1. The quantitative estimate of drug-likeness (QED) is 0.271. The first-order chi connectivity index (χ1) is 17.4. The van der Waals surface area contributed by atoms with E-state index in [-0.39, 0.29) is 12.3 Å². The third kappa shape index (κ3) is 5.25. The van der Waals surface area contributed by atoms with Gasteiger partial charge in [-0.05, 0) is 62.6 Å². The van der Waals surface area contributed by atoms with E-state index in [4.69, 9.17) is 14.5 Å². The van der Waals surface area contributed by atoms with Gasteiger partial charge in [-0.25, -0.2) is 9.50 Å². The van der Waals surface area contributed by atoms with Crippen LogP contribution in [0.4, 0.5) is 0 Å². The Bertz CT molecular complexity index is 1410. The molecule has 0 spiro atoms. The summed E-state index contributed by atoms with van der Waals surface area (Å²) < 4.78 is 12.9. The number of aryl methyl sites for hydroxylation is 2. The van der Waals surface area contributed by atoms with Crippen LogP contribution in [0, 0.1) is 13.8 Å². The largest absolute Gasteiger partial charge is 0.493 e. The molecule has 0 saturated carbocycles. The maximum Gasteiger partial charge on any atom is 0.269 e. The molecule has 0 aliphatic heterocycles. The molecule has 2 aromatic carbocycles. The van der Waals surface area contributed by atoms with Crippen molar-refractivity contribution in [1.82, 2.24) is 25.4 Å². The van der Waals surface area contributed by atoms with Gasteiger partial charge in [0.15, 0.2) is 17.1 Å². The number of benzene rings is 2. The highest BCUT2D eigenvalue weighted by Crippen LogP contribution is 2.28. The Balaban J connectivity index is 1.37. The minimum absolute atomic E-state index is 0.184. The first kappa shape index (κ1) is 25.0. The maximum atomic E-state index is 12.6. The summed E-state index contributed by atoms with van der Waals surface area (Å²) in [4.78, 5) is 29.8. The molecule has 2 heterocycles. The Morgan fingerprint density at radius 3 is 2.64 bits per heavy atom. The molecule has 4 aromatic rings. The zero-order valence-corrected chi connectivity index (χ0v) is 21.1. The van der Waals surface area contributed by atoms with Crippen molar-refractivity contribution in [3.05, 3.63) is 65.0 Å². The van der Waals surface area contributed by atoms with E-state index in [1.807, 2.05) is 42.6 Å². The molecule has 0 radical (unpaired) electrons. The molecule has 0 aliphatic carbocycles. The van der Waals surface area contributed by atoms with E-state index >= 15 is 0 Å². The van der Waals surface area contributed by atoms with Gasteiger partial charge in [-0.1, -0.05) is 25.5 Å². The van der Waals surface area contributed by atoms with E-state index < -0.39 is 5.91 Å². The number of nitrogens with one attached hydrogen (secondary N) is 2. The summed E-state index contributed by atoms with van der Waals surface area (Å²) >= 11 is 0. The zero-order valence-electron chi connectivity index (χ0n) is 21.1. The van der Waals surface area contributed by atoms with Gasteiger partial charge in [0, 0.05) is 28.8 Å². The summed E-state index contributed by atoms with van der Waals surface area (Å²) in [5.41, 5.74) is 9.75. The summed E-state index contributed by atoms with van der Waals surface area (Å²) in [6, 6.07) is 12.8. The molecular weight excluding hydrogens is 458 g/mol. The van der Waals surface area contributed by atoms with Crippen molar-refractivity contribution in [2.24, 2.45) is 0 Å². The highest BCUT2D eigenvalue weighted by atomic mass is 16.5. The number of fused-ring (bicyclic) bond motifs is 3. The molecule has 188 valence electrons. The van der Waals surface area contributed by atoms with Crippen LogP contribution in [0.3, 0.4) is 0 Å². The van der Waals surface area contributed by atoms with Crippen LogP contribution < -0.4 is 20.3 Å². The molecule has 36 heavy (non-hydrogen) atoms. The summed E-state index contributed by atoms with van der Waals surface area (Å²) in [5.74, 6) is 0.290. The predicted molar refractivity (Wildman–Crippen MR) is 137 cm³/mol. The molecule has 4 rings (SSSR count). The molecule has 2 N–H and O–H groups in total. The lowest BCUT2D eigenvalue weighted by Gasteiger charge is -2.13. The Labute approximate surface area is 209 Å². The minimum Gasteiger partial charge on any atom is -0.493 e. The second-order valence-electron chi connectivity index (χ2n) is 8.58. The average Bonchev–Trinajstić information content (AvgIpc) is 3.26. The number of hydrogen-bond acceptors (Lipinski definition) is 6. The summed E-state index contributed by atoms with van der Waals surface area (Å²) in [6.45, 7) is 6.58. The second-order valence-corrected chi connectivity index (χ2v) is 8.58. The number of aromatic nitrogens is 3. The Kier molecular flexibility index (Phi) is 7.68. The molecule has 9 heteroatoms. The Morgan fingerprint density at radius 1 is 1.06 bits per heavy atom. The summed E-state index contributed by atoms with van der Waals surface area (Å²) in [6.07, 6.45) is 2.60. The van der Waals surface area contributed by atoms with E-state index in [1.54, 1.807) is 18.2 Å². The van der Waals surface area contributed by atoms with Gasteiger partial charge in [0.05, 0.1) is 19.2 Å². The Hall–Kier alpha value is -4.14. The monoisotopic (exact) mass is 489 g/mol. The number of ether oxygens (including phenoxy) is 2. The van der Waals surface area contributed by atoms with Crippen molar-refractivity contribution in [2.75, 3.05) is 13.7 Å². The van der Waals surface area contributed by atoms with Crippen LogP contribution in [0.25, 0.3) is 16.6 Å². The number of nitrogens with zero attached hydrogens (tertiary/aromatic N) is 3.